The number of carbonyl (C=O) groups is 1. The van der Waals surface area contributed by atoms with E-state index in [-0.39, 0.29) is 11.8 Å². The Morgan fingerprint density at radius 3 is 2.96 bits per heavy atom. The van der Waals surface area contributed by atoms with E-state index in [1.54, 1.807) is 12.3 Å². The second kappa shape index (κ2) is 7.04. The van der Waals surface area contributed by atoms with E-state index in [0.717, 1.165) is 47.4 Å². The molecule has 1 atom stereocenters. The third-order valence-corrected chi connectivity index (χ3v) is 4.99. The van der Waals surface area contributed by atoms with E-state index in [0.29, 0.717) is 12.1 Å². The number of rotatable bonds is 3. The Bertz CT molecular complexity index is 1060. The molecule has 1 unspecified atom stereocenters. The zero-order valence-electron chi connectivity index (χ0n) is 14.8. The molecule has 0 aliphatic carbocycles. The smallest absolute Gasteiger partial charge is 0.222 e. The first-order valence-corrected chi connectivity index (χ1v) is 8.96. The largest absolute Gasteiger partial charge is 0.369 e. The molecular formula is C21H19N5O. The van der Waals surface area contributed by atoms with Crippen molar-refractivity contribution in [3.05, 3.63) is 54.2 Å². The molecule has 4 rings (SSSR count). The van der Waals surface area contributed by atoms with Crippen LogP contribution in [0.3, 0.4) is 0 Å². The number of amides is 1. The maximum atomic E-state index is 11.6. The number of hydrogen-bond donors (Lipinski definition) is 1. The molecule has 0 spiro atoms. The molecule has 1 saturated heterocycles. The minimum Gasteiger partial charge on any atom is -0.369 e. The van der Waals surface area contributed by atoms with Crippen LogP contribution in [-0.2, 0) is 4.79 Å². The molecule has 1 aromatic carbocycles. The Morgan fingerprint density at radius 2 is 2.15 bits per heavy atom. The van der Waals surface area contributed by atoms with Crippen molar-refractivity contribution in [2.24, 2.45) is 11.7 Å². The van der Waals surface area contributed by atoms with Gasteiger partial charge in [-0.05, 0) is 37.1 Å². The number of fused-ring (bicyclic) bond motifs is 1. The summed E-state index contributed by atoms with van der Waals surface area (Å²) in [5, 5.41) is 10.2. The predicted octanol–water partition coefficient (Wildman–Crippen LogP) is 2.87. The average molecular weight is 357 g/mol. The molecule has 1 aliphatic rings. The van der Waals surface area contributed by atoms with Crippen molar-refractivity contribution in [2.45, 2.75) is 12.8 Å². The van der Waals surface area contributed by atoms with Gasteiger partial charge in [0.2, 0.25) is 5.91 Å². The van der Waals surface area contributed by atoms with E-state index >= 15 is 0 Å². The highest BCUT2D eigenvalue weighted by molar-refractivity contribution is 5.93. The lowest BCUT2D eigenvalue weighted by Gasteiger charge is -2.32. The second-order valence-corrected chi connectivity index (χ2v) is 6.78. The molecule has 0 saturated carbocycles. The summed E-state index contributed by atoms with van der Waals surface area (Å²) in [6, 6.07) is 15.4. The third-order valence-electron chi connectivity index (χ3n) is 4.99. The van der Waals surface area contributed by atoms with Crippen LogP contribution in [-0.4, -0.2) is 29.0 Å². The van der Waals surface area contributed by atoms with Gasteiger partial charge in [-0.2, -0.15) is 5.26 Å². The van der Waals surface area contributed by atoms with Crippen LogP contribution >= 0.6 is 0 Å². The topological polar surface area (TPSA) is 95.9 Å². The van der Waals surface area contributed by atoms with Crippen molar-refractivity contribution in [1.82, 2.24) is 9.97 Å². The van der Waals surface area contributed by atoms with E-state index in [1.807, 2.05) is 36.4 Å². The van der Waals surface area contributed by atoms with Crippen molar-refractivity contribution in [2.75, 3.05) is 18.0 Å². The van der Waals surface area contributed by atoms with Gasteiger partial charge in [0.05, 0.1) is 28.8 Å². The molecule has 3 heterocycles. The number of nitrogens with two attached hydrogens (primary N) is 1. The summed E-state index contributed by atoms with van der Waals surface area (Å²) in [7, 11) is 0. The van der Waals surface area contributed by atoms with Gasteiger partial charge < -0.3 is 10.6 Å². The van der Waals surface area contributed by atoms with E-state index < -0.39 is 0 Å². The van der Waals surface area contributed by atoms with Crippen LogP contribution in [0, 0.1) is 17.2 Å². The Balaban J connectivity index is 1.84. The van der Waals surface area contributed by atoms with Gasteiger partial charge in [0, 0.05) is 30.2 Å². The minimum absolute atomic E-state index is 0.157. The Labute approximate surface area is 157 Å². The first kappa shape index (κ1) is 17.0. The van der Waals surface area contributed by atoms with E-state index in [1.165, 1.54) is 0 Å². The molecule has 3 aromatic rings. The average Bonchev–Trinajstić information content (AvgIpc) is 2.73. The number of pyridine rings is 2. The van der Waals surface area contributed by atoms with E-state index in [9.17, 15) is 10.1 Å². The number of carbonyl (C=O) groups excluding carboxylic acids is 1. The number of anilines is 1. The number of hydrogen-bond acceptors (Lipinski definition) is 5. The normalized spacial score (nSPS) is 16.9. The van der Waals surface area contributed by atoms with Gasteiger partial charge in [-0.3, -0.25) is 9.78 Å². The third kappa shape index (κ3) is 3.32. The molecular weight excluding hydrogens is 338 g/mol. The number of benzene rings is 1. The molecule has 1 aliphatic heterocycles. The lowest BCUT2D eigenvalue weighted by atomic mass is 9.97. The van der Waals surface area contributed by atoms with Crippen molar-refractivity contribution in [3.8, 4) is 17.3 Å². The molecule has 27 heavy (non-hydrogen) atoms. The maximum absolute atomic E-state index is 11.6. The molecule has 6 nitrogen and oxygen atoms in total. The molecule has 2 N–H and O–H groups in total. The number of nitriles is 1. The fourth-order valence-corrected chi connectivity index (χ4v) is 3.59. The van der Waals surface area contributed by atoms with Gasteiger partial charge in [-0.15, -0.1) is 0 Å². The summed E-state index contributed by atoms with van der Waals surface area (Å²) in [6.45, 7) is 1.41. The Morgan fingerprint density at radius 1 is 1.26 bits per heavy atom. The van der Waals surface area contributed by atoms with Crippen LogP contribution in [0.25, 0.3) is 22.2 Å². The Hall–Kier alpha value is -3.46. The fraction of sp³-hybridized carbons (Fsp3) is 0.238. The second-order valence-electron chi connectivity index (χ2n) is 6.78. The Kier molecular flexibility index (Phi) is 4.43. The van der Waals surface area contributed by atoms with Crippen LogP contribution < -0.4 is 10.6 Å². The molecule has 0 bridgehead atoms. The highest BCUT2D eigenvalue weighted by Gasteiger charge is 2.25. The molecule has 1 fully saturated rings. The summed E-state index contributed by atoms with van der Waals surface area (Å²) in [5.41, 5.74) is 8.48. The standard InChI is InChI=1S/C21H19N5O/c22-12-14-4-1-5-15(10-14)20-19-16(6-2-8-24-19)11-18(25-20)26-9-3-7-17(13-26)21(23)27/h1-2,4-6,8,10-11,17H,3,7,9,13H2,(H2,23,27). The predicted molar refractivity (Wildman–Crippen MR) is 104 cm³/mol. The molecule has 134 valence electrons. The first-order chi connectivity index (χ1) is 13.2. The van der Waals surface area contributed by atoms with Crippen LogP contribution in [0.2, 0.25) is 0 Å². The van der Waals surface area contributed by atoms with E-state index in [4.69, 9.17) is 10.7 Å². The number of piperidine rings is 1. The van der Waals surface area contributed by atoms with Crippen molar-refractivity contribution >= 4 is 22.6 Å². The zero-order valence-corrected chi connectivity index (χ0v) is 14.8. The summed E-state index contributed by atoms with van der Waals surface area (Å²) in [6.07, 6.45) is 3.46. The molecule has 2 aromatic heterocycles. The summed E-state index contributed by atoms with van der Waals surface area (Å²) < 4.78 is 0. The summed E-state index contributed by atoms with van der Waals surface area (Å²) in [4.78, 5) is 23.1. The van der Waals surface area contributed by atoms with Gasteiger partial charge in [0.1, 0.15) is 5.82 Å². The number of primary amides is 1. The number of aromatic nitrogens is 2. The van der Waals surface area contributed by atoms with Gasteiger partial charge in [0.15, 0.2) is 0 Å². The van der Waals surface area contributed by atoms with Crippen LogP contribution in [0.5, 0.6) is 0 Å². The molecule has 6 heteroatoms. The highest BCUT2D eigenvalue weighted by Crippen LogP contribution is 2.31. The first-order valence-electron chi connectivity index (χ1n) is 8.96. The van der Waals surface area contributed by atoms with E-state index in [2.05, 4.69) is 16.0 Å². The van der Waals surface area contributed by atoms with Gasteiger partial charge >= 0.3 is 0 Å². The molecule has 0 radical (unpaired) electrons. The maximum Gasteiger partial charge on any atom is 0.222 e. The van der Waals surface area contributed by atoms with Crippen molar-refractivity contribution in [3.63, 3.8) is 0 Å². The monoisotopic (exact) mass is 357 g/mol. The van der Waals surface area contributed by atoms with Gasteiger partial charge in [-0.1, -0.05) is 18.2 Å². The zero-order chi connectivity index (χ0) is 18.8. The van der Waals surface area contributed by atoms with Crippen molar-refractivity contribution in [1.29, 1.82) is 5.26 Å². The van der Waals surface area contributed by atoms with Crippen LogP contribution in [0.4, 0.5) is 5.82 Å². The van der Waals surface area contributed by atoms with Crippen LogP contribution in [0.15, 0.2) is 48.7 Å². The molecule has 1 amide bonds. The fourth-order valence-electron chi connectivity index (χ4n) is 3.59. The van der Waals surface area contributed by atoms with Gasteiger partial charge in [0.25, 0.3) is 0 Å². The van der Waals surface area contributed by atoms with Crippen molar-refractivity contribution < 1.29 is 4.79 Å². The summed E-state index contributed by atoms with van der Waals surface area (Å²) >= 11 is 0. The summed E-state index contributed by atoms with van der Waals surface area (Å²) in [5.74, 6) is 0.387. The van der Waals surface area contributed by atoms with Gasteiger partial charge in [-0.25, -0.2) is 4.98 Å². The number of nitrogens with zero attached hydrogens (tertiary/aromatic N) is 4. The SMILES string of the molecule is N#Cc1cccc(-c2nc(N3CCCC(C(N)=O)C3)cc3cccnc23)c1. The van der Waals surface area contributed by atoms with Crippen LogP contribution in [0.1, 0.15) is 18.4 Å². The lowest BCUT2D eigenvalue weighted by molar-refractivity contribution is -0.122. The highest BCUT2D eigenvalue weighted by atomic mass is 16.1. The quantitative estimate of drug-likeness (QED) is 0.777. The lowest BCUT2D eigenvalue weighted by Crippen LogP contribution is -2.41. The minimum atomic E-state index is -0.260.